The van der Waals surface area contributed by atoms with E-state index in [1.807, 2.05) is 0 Å². The van der Waals surface area contributed by atoms with Gasteiger partial charge in [-0.3, -0.25) is 0 Å². The van der Waals surface area contributed by atoms with Crippen molar-refractivity contribution in [2.75, 3.05) is 20.2 Å². The molecule has 2 aliphatic carbocycles. The van der Waals surface area contributed by atoms with Gasteiger partial charge in [0.2, 0.25) is 0 Å². The van der Waals surface area contributed by atoms with Gasteiger partial charge in [0, 0.05) is 11.5 Å². The standard InChI is InChI=1S/C19H27NO/c1-3-21-15-8-7-14-12-18-16-6-4-5-9-19(16,17(14)13-15)10-11-20(18)2/h7-8,13,16,18H,3-6,9-12H2,1-2H3/t16-,18+,19+/m0/s1. The number of hydrogen-bond acceptors (Lipinski definition) is 2. The molecule has 0 amide bonds. The second-order valence-corrected chi connectivity index (χ2v) is 7.26. The van der Waals surface area contributed by atoms with Crippen LogP contribution in [-0.2, 0) is 11.8 Å². The maximum atomic E-state index is 5.80. The Kier molecular flexibility index (Phi) is 3.25. The van der Waals surface area contributed by atoms with Gasteiger partial charge in [-0.15, -0.1) is 0 Å². The van der Waals surface area contributed by atoms with Gasteiger partial charge in [0.05, 0.1) is 6.61 Å². The van der Waals surface area contributed by atoms with E-state index in [-0.39, 0.29) is 0 Å². The molecule has 4 rings (SSSR count). The Bertz CT molecular complexity index is 540. The smallest absolute Gasteiger partial charge is 0.119 e. The predicted molar refractivity (Wildman–Crippen MR) is 86.0 cm³/mol. The lowest BCUT2D eigenvalue weighted by Crippen LogP contribution is -2.59. The van der Waals surface area contributed by atoms with E-state index >= 15 is 0 Å². The molecule has 2 heteroatoms. The third-order valence-electron chi connectivity index (χ3n) is 6.40. The second-order valence-electron chi connectivity index (χ2n) is 7.26. The van der Waals surface area contributed by atoms with Crippen LogP contribution in [-0.4, -0.2) is 31.1 Å². The molecule has 1 saturated carbocycles. The van der Waals surface area contributed by atoms with Crippen LogP contribution in [0.4, 0.5) is 0 Å². The fourth-order valence-corrected chi connectivity index (χ4v) is 5.43. The minimum absolute atomic E-state index is 0.454. The van der Waals surface area contributed by atoms with Crippen LogP contribution in [0.5, 0.6) is 5.75 Å². The molecule has 1 aromatic rings. The topological polar surface area (TPSA) is 12.5 Å². The van der Waals surface area contributed by atoms with Gasteiger partial charge >= 0.3 is 0 Å². The van der Waals surface area contributed by atoms with E-state index < -0.39 is 0 Å². The molecular weight excluding hydrogens is 258 g/mol. The van der Waals surface area contributed by atoms with Crippen molar-refractivity contribution in [2.24, 2.45) is 5.92 Å². The zero-order chi connectivity index (χ0) is 14.4. The quantitative estimate of drug-likeness (QED) is 0.820. The minimum atomic E-state index is 0.454. The van der Waals surface area contributed by atoms with Gasteiger partial charge in [0.25, 0.3) is 0 Å². The summed E-state index contributed by atoms with van der Waals surface area (Å²) >= 11 is 0. The van der Waals surface area contributed by atoms with Crippen molar-refractivity contribution in [2.45, 2.75) is 56.9 Å². The Balaban J connectivity index is 1.83. The molecule has 21 heavy (non-hydrogen) atoms. The highest BCUT2D eigenvalue weighted by Gasteiger charge is 2.53. The molecular formula is C19H27NO. The zero-order valence-corrected chi connectivity index (χ0v) is 13.4. The normalized spacial score (nSPS) is 35.0. The van der Waals surface area contributed by atoms with Gasteiger partial charge in [0.15, 0.2) is 0 Å². The first-order valence-corrected chi connectivity index (χ1v) is 8.71. The van der Waals surface area contributed by atoms with Gasteiger partial charge in [-0.25, -0.2) is 0 Å². The average Bonchev–Trinajstić information content (AvgIpc) is 2.52. The Hall–Kier alpha value is -1.02. The van der Waals surface area contributed by atoms with E-state index in [2.05, 4.69) is 37.1 Å². The SMILES string of the molecule is CCOc1ccc2c(c1)[C@@]13CCCC[C@H]1[C@@H](C2)N(C)CC3. The summed E-state index contributed by atoms with van der Waals surface area (Å²) in [6.45, 7) is 4.10. The average molecular weight is 285 g/mol. The lowest BCUT2D eigenvalue weighted by Gasteiger charge is -2.58. The maximum Gasteiger partial charge on any atom is 0.119 e. The number of rotatable bonds is 2. The number of fused-ring (bicyclic) bond motifs is 1. The maximum absolute atomic E-state index is 5.80. The number of piperidine rings is 1. The Labute approximate surface area is 128 Å². The monoisotopic (exact) mass is 285 g/mol. The van der Waals surface area contributed by atoms with Crippen LogP contribution in [0.1, 0.15) is 50.2 Å². The first kappa shape index (κ1) is 13.6. The molecule has 1 heterocycles. The number of likely N-dealkylation sites (tertiary alicyclic amines) is 1. The van der Waals surface area contributed by atoms with Gasteiger partial charge in [-0.05, 0) is 75.4 Å². The molecule has 2 bridgehead atoms. The van der Waals surface area contributed by atoms with Gasteiger partial charge < -0.3 is 9.64 Å². The molecule has 3 atom stereocenters. The number of likely N-dealkylation sites (N-methyl/N-ethyl adjacent to an activating group) is 1. The van der Waals surface area contributed by atoms with Gasteiger partial charge in [-0.1, -0.05) is 18.9 Å². The Morgan fingerprint density at radius 2 is 2.19 bits per heavy atom. The Morgan fingerprint density at radius 3 is 3.05 bits per heavy atom. The van der Waals surface area contributed by atoms with E-state index in [9.17, 15) is 0 Å². The largest absolute Gasteiger partial charge is 0.494 e. The molecule has 2 fully saturated rings. The zero-order valence-electron chi connectivity index (χ0n) is 13.4. The van der Waals surface area contributed by atoms with E-state index in [0.29, 0.717) is 5.41 Å². The summed E-state index contributed by atoms with van der Waals surface area (Å²) < 4.78 is 5.80. The third kappa shape index (κ3) is 1.95. The highest BCUT2D eigenvalue weighted by atomic mass is 16.5. The van der Waals surface area contributed by atoms with E-state index in [1.165, 1.54) is 45.1 Å². The van der Waals surface area contributed by atoms with Crippen LogP contribution in [0.2, 0.25) is 0 Å². The van der Waals surface area contributed by atoms with Crippen molar-refractivity contribution < 1.29 is 4.74 Å². The highest BCUT2D eigenvalue weighted by molar-refractivity contribution is 5.45. The first-order valence-electron chi connectivity index (χ1n) is 8.71. The summed E-state index contributed by atoms with van der Waals surface area (Å²) in [6, 6.07) is 7.68. The fourth-order valence-electron chi connectivity index (χ4n) is 5.43. The number of ether oxygens (including phenoxy) is 1. The van der Waals surface area contributed by atoms with Gasteiger partial charge in [0.1, 0.15) is 5.75 Å². The molecule has 1 saturated heterocycles. The summed E-state index contributed by atoms with van der Waals surface area (Å²) in [5, 5.41) is 0. The summed E-state index contributed by atoms with van der Waals surface area (Å²) in [7, 11) is 2.34. The molecule has 0 aromatic heterocycles. The van der Waals surface area contributed by atoms with Crippen LogP contribution < -0.4 is 4.74 Å². The number of nitrogens with zero attached hydrogens (tertiary/aromatic N) is 1. The Morgan fingerprint density at radius 1 is 1.29 bits per heavy atom. The van der Waals surface area contributed by atoms with E-state index in [1.54, 1.807) is 11.1 Å². The van der Waals surface area contributed by atoms with Crippen molar-refractivity contribution in [1.29, 1.82) is 0 Å². The summed E-state index contributed by atoms with van der Waals surface area (Å²) in [4.78, 5) is 2.63. The molecule has 114 valence electrons. The second kappa shape index (κ2) is 5.01. The van der Waals surface area contributed by atoms with Crippen molar-refractivity contribution >= 4 is 0 Å². The molecule has 1 aliphatic heterocycles. The van der Waals surface area contributed by atoms with Crippen LogP contribution in [0.15, 0.2) is 18.2 Å². The fraction of sp³-hybridized carbons (Fsp3) is 0.684. The van der Waals surface area contributed by atoms with Crippen LogP contribution in [0.3, 0.4) is 0 Å². The van der Waals surface area contributed by atoms with Crippen LogP contribution >= 0.6 is 0 Å². The molecule has 0 N–H and O–H groups in total. The first-order chi connectivity index (χ1) is 10.2. The minimum Gasteiger partial charge on any atom is -0.494 e. The van der Waals surface area contributed by atoms with Gasteiger partial charge in [-0.2, -0.15) is 0 Å². The molecule has 3 aliphatic rings. The molecule has 1 aromatic carbocycles. The molecule has 0 spiro atoms. The van der Waals surface area contributed by atoms with Crippen molar-refractivity contribution in [3.63, 3.8) is 0 Å². The third-order valence-corrected chi connectivity index (χ3v) is 6.40. The van der Waals surface area contributed by atoms with Crippen molar-refractivity contribution in [3.8, 4) is 5.75 Å². The lowest BCUT2D eigenvalue weighted by molar-refractivity contribution is 0.00271. The summed E-state index contributed by atoms with van der Waals surface area (Å²) in [5.41, 5.74) is 3.69. The summed E-state index contributed by atoms with van der Waals surface area (Å²) in [5.74, 6) is 1.95. The van der Waals surface area contributed by atoms with E-state index in [0.717, 1.165) is 24.3 Å². The predicted octanol–water partition coefficient (Wildman–Crippen LogP) is 3.77. The summed E-state index contributed by atoms with van der Waals surface area (Å²) in [6.07, 6.45) is 8.23. The molecule has 0 radical (unpaired) electrons. The van der Waals surface area contributed by atoms with Crippen molar-refractivity contribution in [1.82, 2.24) is 4.90 Å². The van der Waals surface area contributed by atoms with Crippen LogP contribution in [0.25, 0.3) is 0 Å². The van der Waals surface area contributed by atoms with E-state index in [4.69, 9.17) is 4.74 Å². The molecule has 0 unspecified atom stereocenters. The van der Waals surface area contributed by atoms with Crippen molar-refractivity contribution in [3.05, 3.63) is 29.3 Å². The number of hydrogen-bond donors (Lipinski definition) is 0. The lowest BCUT2D eigenvalue weighted by atomic mass is 9.52. The highest BCUT2D eigenvalue weighted by Crippen LogP contribution is 2.55. The molecule has 2 nitrogen and oxygen atoms in total. The number of benzene rings is 1. The van der Waals surface area contributed by atoms with Crippen LogP contribution in [0, 0.1) is 5.92 Å².